The summed E-state index contributed by atoms with van der Waals surface area (Å²) >= 11 is 0. The van der Waals surface area contributed by atoms with E-state index in [4.69, 9.17) is 10.8 Å². The van der Waals surface area contributed by atoms with Gasteiger partial charge in [0, 0.05) is 31.0 Å². The van der Waals surface area contributed by atoms with Crippen molar-refractivity contribution in [1.29, 1.82) is 0 Å². The zero-order valence-electron chi connectivity index (χ0n) is 23.4. The van der Waals surface area contributed by atoms with Crippen LogP contribution in [0.1, 0.15) is 48.7 Å². The van der Waals surface area contributed by atoms with E-state index < -0.39 is 54.8 Å². The zero-order valence-corrected chi connectivity index (χ0v) is 23.4. The van der Waals surface area contributed by atoms with E-state index in [-0.39, 0.29) is 37.1 Å². The van der Waals surface area contributed by atoms with Gasteiger partial charge in [-0.05, 0) is 54.3 Å². The second-order valence-corrected chi connectivity index (χ2v) is 10.2. The third-order valence-corrected chi connectivity index (χ3v) is 7.15. The van der Waals surface area contributed by atoms with Crippen LogP contribution in [0.25, 0.3) is 5.57 Å². The largest absolute Gasteiger partial charge is 0.408 e. The molecule has 2 aromatic rings. The van der Waals surface area contributed by atoms with Crippen LogP contribution in [0, 0.1) is 5.82 Å². The Morgan fingerprint density at radius 3 is 2.49 bits per heavy atom. The molecule has 3 atom stereocenters. The van der Waals surface area contributed by atoms with Crippen LogP contribution in [0.15, 0.2) is 53.7 Å². The summed E-state index contributed by atoms with van der Waals surface area (Å²) in [6.45, 7) is 0.656. The highest BCUT2D eigenvalue weighted by Crippen LogP contribution is 2.46. The van der Waals surface area contributed by atoms with Gasteiger partial charge in [-0.15, -0.1) is 0 Å². The lowest BCUT2D eigenvalue weighted by Crippen LogP contribution is -2.54. The molecule has 2 aromatic carbocycles. The van der Waals surface area contributed by atoms with Crippen molar-refractivity contribution < 1.29 is 41.4 Å². The fraction of sp³-hybridized carbons (Fsp3) is 0.379. The molecule has 0 bridgehead atoms. The molecule has 232 valence electrons. The van der Waals surface area contributed by atoms with E-state index in [0.717, 1.165) is 19.1 Å². The quantitative estimate of drug-likeness (QED) is 0.202. The number of hydrogen-bond donors (Lipinski definition) is 3. The number of hydrogen-bond acceptors (Lipinski definition) is 6. The third kappa shape index (κ3) is 7.95. The summed E-state index contributed by atoms with van der Waals surface area (Å²) in [5.74, 6) is -1.81. The molecule has 0 radical (unpaired) electrons. The number of urea groups is 1. The predicted molar refractivity (Wildman–Crippen MR) is 149 cm³/mol. The number of fused-ring (bicyclic) bond motifs is 1. The van der Waals surface area contributed by atoms with E-state index in [0.29, 0.717) is 26.5 Å². The fourth-order valence-corrected chi connectivity index (χ4v) is 4.74. The van der Waals surface area contributed by atoms with Crippen LogP contribution < -0.4 is 11.1 Å². The Hall–Kier alpha value is -4.33. The molecule has 0 fully saturated rings. The lowest BCUT2D eigenvalue weighted by molar-refractivity contribution is -0.187. The number of aliphatic hydroxyl groups excluding tert-OH is 1. The van der Waals surface area contributed by atoms with Crippen LogP contribution >= 0.6 is 0 Å². The van der Waals surface area contributed by atoms with Gasteiger partial charge >= 0.3 is 12.2 Å². The van der Waals surface area contributed by atoms with E-state index >= 15 is 4.39 Å². The average Bonchev–Trinajstić information content (AvgIpc) is 3.21. The Morgan fingerprint density at radius 2 is 1.91 bits per heavy atom. The number of nitrogens with one attached hydrogen (secondary N) is 1. The van der Waals surface area contributed by atoms with Gasteiger partial charge in [0.2, 0.25) is 12.3 Å². The van der Waals surface area contributed by atoms with Crippen LogP contribution in [0.3, 0.4) is 0 Å². The molecule has 0 saturated carbocycles. The smallest absolute Gasteiger partial charge is 0.404 e. The van der Waals surface area contributed by atoms with Crippen LogP contribution in [0.2, 0.25) is 0 Å². The molecule has 1 aliphatic carbocycles. The second-order valence-electron chi connectivity index (χ2n) is 10.2. The van der Waals surface area contributed by atoms with Crippen LogP contribution in [0.5, 0.6) is 0 Å². The van der Waals surface area contributed by atoms with Crippen molar-refractivity contribution in [3.05, 3.63) is 76.7 Å². The Morgan fingerprint density at radius 1 is 1.23 bits per heavy atom. The van der Waals surface area contributed by atoms with Crippen LogP contribution in [0.4, 0.5) is 26.7 Å². The summed E-state index contributed by atoms with van der Waals surface area (Å²) in [4.78, 5) is 42.8. The normalized spacial score (nSPS) is 19.2. The number of alkyl halides is 4. The number of carbonyl (C=O) groups excluding carboxylic acids is 3. The maximum atomic E-state index is 15.2. The number of imide groups is 1. The lowest BCUT2D eigenvalue weighted by Gasteiger charge is -2.33. The molecule has 0 heterocycles. The molecule has 4 N–H and O–H groups in total. The van der Waals surface area contributed by atoms with Crippen molar-refractivity contribution in [2.45, 2.75) is 50.7 Å². The minimum atomic E-state index is -4.83. The number of aliphatic hydroxyl groups is 1. The molecule has 0 saturated heterocycles. The van der Waals surface area contributed by atoms with Gasteiger partial charge in [0.1, 0.15) is 24.6 Å². The standard InChI is InChI=1S/C29H32F5N5O4/c1-18(29(32,33)34)39(15-19-3-6-22(30)7-4-19)26(42)16-38(17-41)27(43)37-28(2)12-25(31)23-11-20(5-8-24(23)28)21(13-35)14-36-9-10-40/h3-8,11,13-14,17-18,25,40H,9-10,12,15-16,35H2,1-2H3,(H,37,43)/t18-,25+,28-/m1/s1. The van der Waals surface area contributed by atoms with E-state index in [1.165, 1.54) is 37.5 Å². The molecular formula is C29H32F5N5O4. The number of rotatable bonds is 11. The summed E-state index contributed by atoms with van der Waals surface area (Å²) in [6, 6.07) is 5.81. The van der Waals surface area contributed by atoms with Gasteiger partial charge in [-0.1, -0.05) is 24.3 Å². The number of carbonyl (C=O) groups is 3. The molecule has 0 unspecified atom stereocenters. The molecular weight excluding hydrogens is 577 g/mol. The summed E-state index contributed by atoms with van der Waals surface area (Å²) in [5, 5.41) is 11.5. The highest BCUT2D eigenvalue weighted by molar-refractivity contribution is 6.09. The van der Waals surface area contributed by atoms with Gasteiger partial charge in [0.15, 0.2) is 0 Å². The Kier molecular flexibility index (Phi) is 10.6. The Bertz CT molecular complexity index is 1380. The second kappa shape index (κ2) is 13.8. The van der Waals surface area contributed by atoms with E-state index in [2.05, 4.69) is 10.3 Å². The van der Waals surface area contributed by atoms with Crippen LogP contribution in [-0.2, 0) is 21.7 Å². The van der Waals surface area contributed by atoms with Gasteiger partial charge in [-0.2, -0.15) is 13.2 Å². The van der Waals surface area contributed by atoms with Gasteiger partial charge < -0.3 is 21.1 Å². The van der Waals surface area contributed by atoms with Crippen molar-refractivity contribution in [3.63, 3.8) is 0 Å². The van der Waals surface area contributed by atoms with Crippen molar-refractivity contribution >= 4 is 30.1 Å². The maximum absolute atomic E-state index is 15.2. The number of nitrogens with two attached hydrogens (primary N) is 1. The van der Waals surface area contributed by atoms with Gasteiger partial charge in [0.25, 0.3) is 0 Å². The molecule has 3 rings (SSSR count). The van der Waals surface area contributed by atoms with Crippen molar-refractivity contribution in [3.8, 4) is 0 Å². The minimum Gasteiger partial charge on any atom is -0.404 e. The molecule has 1 aliphatic rings. The molecule has 43 heavy (non-hydrogen) atoms. The first-order valence-electron chi connectivity index (χ1n) is 13.2. The van der Waals surface area contributed by atoms with Crippen molar-refractivity contribution in [1.82, 2.24) is 15.1 Å². The fourth-order valence-electron chi connectivity index (χ4n) is 4.74. The first-order valence-corrected chi connectivity index (χ1v) is 13.2. The number of halogens is 5. The zero-order chi connectivity index (χ0) is 31.9. The third-order valence-electron chi connectivity index (χ3n) is 7.15. The molecule has 4 amide bonds. The number of aliphatic imine (C=N–C) groups is 1. The Balaban J connectivity index is 1.80. The van der Waals surface area contributed by atoms with Crippen molar-refractivity contribution in [2.75, 3.05) is 19.7 Å². The van der Waals surface area contributed by atoms with E-state index in [9.17, 15) is 31.9 Å². The SMILES string of the molecule is C[C@@H](N(Cc1ccc(F)cc1)C(=O)CN(C=O)C(=O)N[C@]1(C)C[C@H](F)c2cc(C(C=NCCO)=CN)ccc21)C(F)(F)F. The molecule has 0 spiro atoms. The number of benzene rings is 2. The molecule has 0 aliphatic heterocycles. The number of nitrogens with zero attached hydrogens (tertiary/aromatic N) is 3. The molecule has 14 heteroatoms. The summed E-state index contributed by atoms with van der Waals surface area (Å²) in [5.41, 5.74) is 6.16. The van der Waals surface area contributed by atoms with E-state index in [1.54, 1.807) is 12.1 Å². The highest BCUT2D eigenvalue weighted by atomic mass is 19.4. The monoisotopic (exact) mass is 609 g/mol. The first kappa shape index (κ1) is 33.2. The summed E-state index contributed by atoms with van der Waals surface area (Å²) in [7, 11) is 0. The number of allylic oxidation sites excluding steroid dienone is 1. The first-order chi connectivity index (χ1) is 20.2. The molecule has 0 aromatic heterocycles. The van der Waals surface area contributed by atoms with Gasteiger partial charge in [-0.25, -0.2) is 13.6 Å². The Labute approximate surface area is 244 Å². The minimum absolute atomic E-state index is 0.000842. The van der Waals surface area contributed by atoms with Gasteiger partial charge in [-0.3, -0.25) is 19.5 Å². The van der Waals surface area contributed by atoms with Crippen LogP contribution in [-0.4, -0.2) is 71.4 Å². The topological polar surface area (TPSA) is 128 Å². The average molecular weight is 610 g/mol. The number of amides is 4. The summed E-state index contributed by atoms with van der Waals surface area (Å²) < 4.78 is 69.3. The van der Waals surface area contributed by atoms with Crippen molar-refractivity contribution in [2.24, 2.45) is 10.7 Å². The lowest BCUT2D eigenvalue weighted by atomic mass is 9.92. The highest BCUT2D eigenvalue weighted by Gasteiger charge is 2.44. The predicted octanol–water partition coefficient (Wildman–Crippen LogP) is 3.97. The molecule has 9 nitrogen and oxygen atoms in total. The summed E-state index contributed by atoms with van der Waals surface area (Å²) in [6.07, 6.45) is -3.88. The van der Waals surface area contributed by atoms with E-state index in [1.807, 2.05) is 0 Å². The van der Waals surface area contributed by atoms with Gasteiger partial charge in [0.05, 0.1) is 18.7 Å². The maximum Gasteiger partial charge on any atom is 0.408 e.